The second-order valence-corrected chi connectivity index (χ2v) is 18.8. The summed E-state index contributed by atoms with van der Waals surface area (Å²) in [4.78, 5) is 38.0. The Labute approximate surface area is 420 Å². The molecular formula is C62H106O6. The molecule has 0 aromatic carbocycles. The molecule has 0 bridgehead atoms. The second kappa shape index (κ2) is 56.2. The summed E-state index contributed by atoms with van der Waals surface area (Å²) in [6.45, 7) is 6.41. The van der Waals surface area contributed by atoms with Crippen molar-refractivity contribution in [2.45, 2.75) is 277 Å². The van der Waals surface area contributed by atoms with E-state index in [0.29, 0.717) is 12.8 Å². The first-order valence-corrected chi connectivity index (χ1v) is 28.6. The topological polar surface area (TPSA) is 78.9 Å². The largest absolute Gasteiger partial charge is 0.462 e. The highest BCUT2D eigenvalue weighted by Crippen LogP contribution is 2.16. The van der Waals surface area contributed by atoms with Gasteiger partial charge in [0.05, 0.1) is 6.42 Å². The first kappa shape index (κ1) is 64.6. The van der Waals surface area contributed by atoms with E-state index in [9.17, 15) is 14.4 Å². The number of rotatable bonds is 51. The number of carbonyl (C=O) groups excluding carboxylic acids is 3. The maximum Gasteiger partial charge on any atom is 0.310 e. The third-order valence-electron chi connectivity index (χ3n) is 12.2. The smallest absolute Gasteiger partial charge is 0.310 e. The van der Waals surface area contributed by atoms with E-state index >= 15 is 0 Å². The molecule has 0 N–H and O–H groups in total. The van der Waals surface area contributed by atoms with E-state index in [-0.39, 0.29) is 31.6 Å². The lowest BCUT2D eigenvalue weighted by atomic mass is 10.0. The monoisotopic (exact) mass is 947 g/mol. The second-order valence-electron chi connectivity index (χ2n) is 18.8. The van der Waals surface area contributed by atoms with Gasteiger partial charge in [-0.05, 0) is 70.6 Å². The summed E-state index contributed by atoms with van der Waals surface area (Å²) in [5.41, 5.74) is 0. The first-order chi connectivity index (χ1) is 33.5. The van der Waals surface area contributed by atoms with Crippen LogP contribution < -0.4 is 0 Å². The van der Waals surface area contributed by atoms with Crippen LogP contribution in [0.3, 0.4) is 0 Å². The van der Waals surface area contributed by atoms with Crippen molar-refractivity contribution in [3.05, 3.63) is 85.1 Å². The minimum atomic E-state index is -0.835. The highest BCUT2D eigenvalue weighted by molar-refractivity contribution is 5.72. The summed E-state index contributed by atoms with van der Waals surface area (Å²) in [6.07, 6.45) is 73.2. The van der Waals surface area contributed by atoms with Crippen LogP contribution >= 0.6 is 0 Å². The molecule has 0 aromatic rings. The Hall–Kier alpha value is -3.41. The molecule has 0 spiro atoms. The summed E-state index contributed by atoms with van der Waals surface area (Å²) < 4.78 is 16.7. The fourth-order valence-electron chi connectivity index (χ4n) is 7.89. The normalized spacial score (nSPS) is 12.7. The van der Waals surface area contributed by atoms with Gasteiger partial charge < -0.3 is 14.2 Å². The lowest BCUT2D eigenvalue weighted by Gasteiger charge is -2.18. The van der Waals surface area contributed by atoms with E-state index < -0.39 is 12.1 Å². The summed E-state index contributed by atoms with van der Waals surface area (Å²) >= 11 is 0. The molecule has 0 saturated carbocycles. The van der Waals surface area contributed by atoms with Crippen LogP contribution in [0.4, 0.5) is 0 Å². The average Bonchev–Trinajstić information content (AvgIpc) is 3.34. The Morgan fingerprint density at radius 2 is 0.632 bits per heavy atom. The zero-order valence-corrected chi connectivity index (χ0v) is 44.6. The van der Waals surface area contributed by atoms with Crippen molar-refractivity contribution < 1.29 is 28.6 Å². The number of hydrogen-bond donors (Lipinski definition) is 0. The maximum absolute atomic E-state index is 12.8. The highest BCUT2D eigenvalue weighted by atomic mass is 16.6. The van der Waals surface area contributed by atoms with Gasteiger partial charge in [-0.15, -0.1) is 0 Å². The standard InChI is InChI=1S/C62H106O6/c1-4-7-10-13-16-19-22-25-28-29-30-31-32-33-35-37-40-43-46-49-52-55-61(64)67-58-59(57-66-60(63)54-51-48-45-42-39-36-27-24-21-18-15-12-9-6-3)68-62(65)56-53-50-47-44-41-38-34-26-23-20-17-14-11-8-5-2/h8,11,15,17-18,20,24,26-27,34,41,44,50,53,59H,4-7,9-10,12-14,16,19,21-23,25,28-33,35-40,42-43,45-49,51-52,54-58H2,1-3H3/b11-8-,18-15-,20-17-,27-24-,34-26-,44-41-,53-50-. The van der Waals surface area contributed by atoms with Gasteiger partial charge in [0.25, 0.3) is 0 Å². The number of unbranched alkanes of at least 4 members (excludes halogenated alkanes) is 27. The molecule has 0 radical (unpaired) electrons. The molecule has 0 aliphatic heterocycles. The van der Waals surface area contributed by atoms with Gasteiger partial charge in [0.2, 0.25) is 0 Å². The molecule has 0 fully saturated rings. The SMILES string of the molecule is CC/C=C\C/C=C\C/C=C\C/C=C\C/C=C\CC(=O)OC(COC(=O)CCCCCCC/C=C\C/C=C\CCCC)COC(=O)CCCCCCCCCCCCCCCCCCCCCCC. The van der Waals surface area contributed by atoms with Gasteiger partial charge in [-0.3, -0.25) is 14.4 Å². The van der Waals surface area contributed by atoms with Crippen molar-refractivity contribution in [2.24, 2.45) is 0 Å². The maximum atomic E-state index is 12.8. The van der Waals surface area contributed by atoms with E-state index in [2.05, 4.69) is 93.7 Å². The number of esters is 3. The molecule has 6 heteroatoms. The third kappa shape index (κ3) is 53.5. The Morgan fingerprint density at radius 3 is 1.01 bits per heavy atom. The molecule has 0 amide bonds. The third-order valence-corrected chi connectivity index (χ3v) is 12.2. The van der Waals surface area contributed by atoms with Gasteiger partial charge in [0.1, 0.15) is 13.2 Å². The molecule has 1 unspecified atom stereocenters. The molecule has 0 rings (SSSR count). The van der Waals surface area contributed by atoms with E-state index in [4.69, 9.17) is 14.2 Å². The van der Waals surface area contributed by atoms with Crippen LogP contribution in [-0.4, -0.2) is 37.2 Å². The molecule has 390 valence electrons. The van der Waals surface area contributed by atoms with Gasteiger partial charge in [0, 0.05) is 12.8 Å². The van der Waals surface area contributed by atoms with E-state index in [1.54, 1.807) is 6.08 Å². The summed E-state index contributed by atoms with van der Waals surface area (Å²) in [5.74, 6) is -1.06. The van der Waals surface area contributed by atoms with Crippen molar-refractivity contribution in [2.75, 3.05) is 13.2 Å². The Kier molecular flexibility index (Phi) is 53.4. The van der Waals surface area contributed by atoms with Gasteiger partial charge in [-0.1, -0.05) is 266 Å². The van der Waals surface area contributed by atoms with Crippen molar-refractivity contribution in [3.8, 4) is 0 Å². The number of hydrogen-bond acceptors (Lipinski definition) is 6. The lowest BCUT2D eigenvalue weighted by Crippen LogP contribution is -2.30. The number of ether oxygens (including phenoxy) is 3. The summed E-state index contributed by atoms with van der Waals surface area (Å²) in [5, 5.41) is 0. The van der Waals surface area contributed by atoms with Crippen LogP contribution in [0.15, 0.2) is 85.1 Å². The van der Waals surface area contributed by atoms with Crippen LogP contribution in [0.5, 0.6) is 0 Å². The van der Waals surface area contributed by atoms with Crippen LogP contribution in [0, 0.1) is 0 Å². The number of carbonyl (C=O) groups is 3. The van der Waals surface area contributed by atoms with E-state index in [1.165, 1.54) is 135 Å². The Balaban J connectivity index is 4.42. The van der Waals surface area contributed by atoms with Crippen LogP contribution in [0.25, 0.3) is 0 Å². The zero-order valence-electron chi connectivity index (χ0n) is 44.6. The van der Waals surface area contributed by atoms with E-state index in [0.717, 1.165) is 96.3 Å². The lowest BCUT2D eigenvalue weighted by molar-refractivity contribution is -0.166. The van der Waals surface area contributed by atoms with Gasteiger partial charge in [0.15, 0.2) is 6.10 Å². The van der Waals surface area contributed by atoms with Crippen molar-refractivity contribution >= 4 is 17.9 Å². The fraction of sp³-hybridized carbons (Fsp3) is 0.726. The molecular weight excluding hydrogens is 841 g/mol. The minimum absolute atomic E-state index is 0.0945. The number of allylic oxidation sites excluding steroid dienone is 13. The Bertz CT molecular complexity index is 1320. The molecule has 0 heterocycles. The van der Waals surface area contributed by atoms with Crippen molar-refractivity contribution in [1.82, 2.24) is 0 Å². The van der Waals surface area contributed by atoms with Crippen molar-refractivity contribution in [1.29, 1.82) is 0 Å². The van der Waals surface area contributed by atoms with Crippen LogP contribution in [-0.2, 0) is 28.6 Å². The Morgan fingerprint density at radius 1 is 0.324 bits per heavy atom. The molecule has 68 heavy (non-hydrogen) atoms. The average molecular weight is 948 g/mol. The summed E-state index contributed by atoms with van der Waals surface area (Å²) in [7, 11) is 0. The summed E-state index contributed by atoms with van der Waals surface area (Å²) in [6, 6.07) is 0. The fourth-order valence-corrected chi connectivity index (χ4v) is 7.89. The molecule has 0 saturated heterocycles. The van der Waals surface area contributed by atoms with Crippen LogP contribution in [0.2, 0.25) is 0 Å². The first-order valence-electron chi connectivity index (χ1n) is 28.6. The quantitative estimate of drug-likeness (QED) is 0.0262. The molecule has 0 aliphatic rings. The molecule has 0 aromatic heterocycles. The van der Waals surface area contributed by atoms with E-state index in [1.807, 2.05) is 6.08 Å². The van der Waals surface area contributed by atoms with Gasteiger partial charge >= 0.3 is 17.9 Å². The minimum Gasteiger partial charge on any atom is -0.462 e. The van der Waals surface area contributed by atoms with Crippen molar-refractivity contribution in [3.63, 3.8) is 0 Å². The molecule has 0 aliphatic carbocycles. The zero-order chi connectivity index (χ0) is 49.3. The molecule has 6 nitrogen and oxygen atoms in total. The van der Waals surface area contributed by atoms with Gasteiger partial charge in [-0.2, -0.15) is 0 Å². The molecule has 1 atom stereocenters. The highest BCUT2D eigenvalue weighted by Gasteiger charge is 2.19. The van der Waals surface area contributed by atoms with Crippen LogP contribution in [0.1, 0.15) is 271 Å². The van der Waals surface area contributed by atoms with Gasteiger partial charge in [-0.25, -0.2) is 0 Å². The predicted molar refractivity (Wildman–Crippen MR) is 293 cm³/mol. The predicted octanol–water partition coefficient (Wildman–Crippen LogP) is 19.2.